The summed E-state index contributed by atoms with van der Waals surface area (Å²) in [5.41, 5.74) is 0. The summed E-state index contributed by atoms with van der Waals surface area (Å²) in [6.45, 7) is 0. The molecule has 0 N–H and O–H groups in total. The third kappa shape index (κ3) is 1.96. The Morgan fingerprint density at radius 1 is 1.14 bits per heavy atom. The Kier molecular flexibility index (Phi) is 2.58. The molecule has 0 saturated heterocycles. The van der Waals surface area contributed by atoms with E-state index in [-0.39, 0.29) is 5.92 Å². The van der Waals surface area contributed by atoms with Gasteiger partial charge in [0.15, 0.2) is 0 Å². The third-order valence-electron chi connectivity index (χ3n) is 3.50. The van der Waals surface area contributed by atoms with Crippen molar-refractivity contribution < 1.29 is 13.2 Å². The van der Waals surface area contributed by atoms with Crippen molar-refractivity contribution in [3.8, 4) is 0 Å². The lowest BCUT2D eigenvalue weighted by Crippen LogP contribution is -2.33. The second-order valence-electron chi connectivity index (χ2n) is 4.38. The van der Waals surface area contributed by atoms with Gasteiger partial charge in [0.05, 0.1) is 5.92 Å². The minimum absolute atomic E-state index is 0.261. The van der Waals surface area contributed by atoms with Crippen LogP contribution in [-0.4, -0.2) is 6.18 Å². The summed E-state index contributed by atoms with van der Waals surface area (Å²) < 4.78 is 37.4. The number of alkyl halides is 3. The second-order valence-corrected chi connectivity index (χ2v) is 4.38. The van der Waals surface area contributed by atoms with E-state index in [1.165, 1.54) is 0 Å². The summed E-state index contributed by atoms with van der Waals surface area (Å²) in [6.07, 6.45) is 4.24. The van der Waals surface area contributed by atoms with E-state index in [9.17, 15) is 13.2 Å². The van der Waals surface area contributed by atoms with Crippen LogP contribution in [0.4, 0.5) is 13.2 Å². The Balaban J connectivity index is 2.01. The molecule has 2 rings (SSSR count). The molecule has 0 bridgehead atoms. The predicted octanol–water partition coefficient (Wildman–Crippen LogP) is 3.73. The molecule has 2 aliphatic carbocycles. The molecular formula is C11H14F3. The first kappa shape index (κ1) is 10.1. The van der Waals surface area contributed by atoms with Crippen LogP contribution in [-0.2, 0) is 0 Å². The van der Waals surface area contributed by atoms with Crippen molar-refractivity contribution in [2.24, 2.45) is 17.8 Å². The van der Waals surface area contributed by atoms with Crippen molar-refractivity contribution in [2.75, 3.05) is 0 Å². The molecule has 14 heavy (non-hydrogen) atoms. The van der Waals surface area contributed by atoms with E-state index >= 15 is 0 Å². The maximum atomic E-state index is 12.5. The number of fused-ring (bicyclic) bond motifs is 1. The first-order chi connectivity index (χ1) is 6.57. The van der Waals surface area contributed by atoms with Crippen molar-refractivity contribution in [1.29, 1.82) is 0 Å². The van der Waals surface area contributed by atoms with Crippen LogP contribution in [0, 0.1) is 23.8 Å². The van der Waals surface area contributed by atoms with Gasteiger partial charge in [0.2, 0.25) is 0 Å². The van der Waals surface area contributed by atoms with Crippen LogP contribution in [0.5, 0.6) is 0 Å². The Morgan fingerprint density at radius 2 is 1.93 bits per heavy atom. The molecule has 3 unspecified atom stereocenters. The van der Waals surface area contributed by atoms with Crippen molar-refractivity contribution in [3.05, 3.63) is 12.2 Å². The van der Waals surface area contributed by atoms with E-state index in [4.69, 9.17) is 0 Å². The van der Waals surface area contributed by atoms with E-state index in [1.54, 1.807) is 0 Å². The summed E-state index contributed by atoms with van der Waals surface area (Å²) in [7, 11) is 0. The van der Waals surface area contributed by atoms with Crippen molar-refractivity contribution >= 4 is 0 Å². The average Bonchev–Trinajstić information content (AvgIpc) is 2.16. The van der Waals surface area contributed by atoms with Crippen LogP contribution >= 0.6 is 0 Å². The fourth-order valence-electron chi connectivity index (χ4n) is 2.64. The van der Waals surface area contributed by atoms with Crippen molar-refractivity contribution in [1.82, 2.24) is 0 Å². The zero-order valence-corrected chi connectivity index (χ0v) is 7.98. The van der Waals surface area contributed by atoms with E-state index in [0.717, 1.165) is 12.8 Å². The number of rotatable bonds is 0. The van der Waals surface area contributed by atoms with Gasteiger partial charge in [0.25, 0.3) is 0 Å². The first-order valence-corrected chi connectivity index (χ1v) is 5.21. The van der Waals surface area contributed by atoms with Crippen LogP contribution < -0.4 is 0 Å². The maximum absolute atomic E-state index is 12.5. The lowest BCUT2D eigenvalue weighted by atomic mass is 9.70. The predicted molar refractivity (Wildman–Crippen MR) is 47.4 cm³/mol. The highest BCUT2D eigenvalue weighted by molar-refractivity contribution is 4.96. The monoisotopic (exact) mass is 203 g/mol. The largest absolute Gasteiger partial charge is 0.391 e. The third-order valence-corrected chi connectivity index (χ3v) is 3.50. The van der Waals surface area contributed by atoms with Crippen molar-refractivity contribution in [3.63, 3.8) is 0 Å². The lowest BCUT2D eigenvalue weighted by Gasteiger charge is -2.37. The molecule has 0 spiro atoms. The molecule has 0 aromatic heterocycles. The molecule has 2 aliphatic rings. The number of allylic oxidation sites excluding steroid dienone is 2. The van der Waals surface area contributed by atoms with Crippen LogP contribution in [0.2, 0.25) is 0 Å². The SMILES string of the molecule is FC(F)(F)C1CCC2C=[C]CCC2C1. The molecule has 1 radical (unpaired) electrons. The molecule has 0 aliphatic heterocycles. The van der Waals surface area contributed by atoms with Gasteiger partial charge in [-0.2, -0.15) is 13.2 Å². The Labute approximate surface area is 82.2 Å². The van der Waals surface area contributed by atoms with E-state index in [2.05, 4.69) is 6.08 Å². The minimum atomic E-state index is -3.98. The number of hydrogen-bond donors (Lipinski definition) is 0. The molecule has 1 fully saturated rings. The molecular weight excluding hydrogens is 189 g/mol. The summed E-state index contributed by atoms with van der Waals surface area (Å²) in [5.74, 6) is -0.408. The molecule has 79 valence electrons. The van der Waals surface area contributed by atoms with Crippen LogP contribution in [0.25, 0.3) is 0 Å². The second kappa shape index (κ2) is 3.59. The quantitative estimate of drug-likeness (QED) is 0.562. The van der Waals surface area contributed by atoms with E-state index < -0.39 is 12.1 Å². The standard InChI is InChI=1S/C11H14F3/c12-11(13,14)10-6-5-8-3-1-2-4-9(8)7-10/h3,8-10H,2,4-7H2. The van der Waals surface area contributed by atoms with Crippen LogP contribution in [0.15, 0.2) is 6.08 Å². The normalized spacial score (nSPS) is 38.1. The Bertz CT molecular complexity index is 229. The molecule has 0 heterocycles. The van der Waals surface area contributed by atoms with Gasteiger partial charge in [0, 0.05) is 0 Å². The minimum Gasteiger partial charge on any atom is -0.171 e. The smallest absolute Gasteiger partial charge is 0.171 e. The Hall–Kier alpha value is -0.470. The average molecular weight is 203 g/mol. The molecule has 3 heteroatoms. The highest BCUT2D eigenvalue weighted by atomic mass is 19.4. The summed E-state index contributed by atoms with van der Waals surface area (Å²) in [5, 5.41) is 0. The van der Waals surface area contributed by atoms with Gasteiger partial charge in [-0.3, -0.25) is 0 Å². The molecule has 0 amide bonds. The van der Waals surface area contributed by atoms with Gasteiger partial charge < -0.3 is 0 Å². The number of hydrogen-bond acceptors (Lipinski definition) is 0. The molecule has 0 nitrogen and oxygen atoms in total. The highest BCUT2D eigenvalue weighted by Crippen LogP contribution is 2.45. The topological polar surface area (TPSA) is 0 Å². The zero-order valence-electron chi connectivity index (χ0n) is 7.98. The first-order valence-electron chi connectivity index (χ1n) is 5.21. The van der Waals surface area contributed by atoms with Crippen molar-refractivity contribution in [2.45, 2.75) is 38.3 Å². The highest BCUT2D eigenvalue weighted by Gasteiger charge is 2.44. The molecule has 0 aromatic carbocycles. The van der Waals surface area contributed by atoms with E-state index in [0.29, 0.717) is 25.2 Å². The summed E-state index contributed by atoms with van der Waals surface area (Å²) >= 11 is 0. The van der Waals surface area contributed by atoms with Gasteiger partial charge in [-0.15, -0.1) is 0 Å². The van der Waals surface area contributed by atoms with Gasteiger partial charge in [-0.05, 0) is 50.0 Å². The molecule has 0 aromatic rings. The van der Waals surface area contributed by atoms with Crippen LogP contribution in [0.3, 0.4) is 0 Å². The van der Waals surface area contributed by atoms with Gasteiger partial charge in [-0.1, -0.05) is 6.08 Å². The van der Waals surface area contributed by atoms with Gasteiger partial charge >= 0.3 is 6.18 Å². The van der Waals surface area contributed by atoms with E-state index in [1.807, 2.05) is 6.08 Å². The summed E-state index contributed by atoms with van der Waals surface area (Å²) in [6, 6.07) is 0. The summed E-state index contributed by atoms with van der Waals surface area (Å²) in [4.78, 5) is 0. The Morgan fingerprint density at radius 3 is 2.64 bits per heavy atom. The fourth-order valence-corrected chi connectivity index (χ4v) is 2.64. The van der Waals surface area contributed by atoms with Crippen LogP contribution in [0.1, 0.15) is 32.1 Å². The maximum Gasteiger partial charge on any atom is 0.391 e. The fraction of sp³-hybridized carbons (Fsp3) is 0.818. The number of halogens is 3. The zero-order chi connectivity index (χ0) is 10.2. The van der Waals surface area contributed by atoms with Gasteiger partial charge in [-0.25, -0.2) is 0 Å². The van der Waals surface area contributed by atoms with Gasteiger partial charge in [0.1, 0.15) is 0 Å². The lowest BCUT2D eigenvalue weighted by molar-refractivity contribution is -0.188. The molecule has 1 saturated carbocycles. The molecule has 3 atom stereocenters.